The van der Waals surface area contributed by atoms with Gasteiger partial charge in [0.15, 0.2) is 0 Å². The molecule has 0 aromatic heterocycles. The molecule has 0 unspecified atom stereocenters. The average Bonchev–Trinajstić information content (AvgIpc) is 2.90. The monoisotopic (exact) mass is 297 g/mol. The highest BCUT2D eigenvalue weighted by molar-refractivity contribution is 6.65. The molecular formula is C16H29O3Si. The van der Waals surface area contributed by atoms with Gasteiger partial charge in [-0.05, 0) is 25.7 Å². The van der Waals surface area contributed by atoms with Crippen LogP contribution in [-0.4, -0.2) is 28.0 Å². The van der Waals surface area contributed by atoms with E-state index in [1.807, 2.05) is 13.8 Å². The zero-order valence-electron chi connectivity index (χ0n) is 13.4. The number of rotatable bonds is 10. The second kappa shape index (κ2) is 8.77. The van der Waals surface area contributed by atoms with Crippen LogP contribution < -0.4 is 0 Å². The van der Waals surface area contributed by atoms with Crippen LogP contribution in [0.4, 0.5) is 0 Å². The average molecular weight is 297 g/mol. The molecule has 1 radical (unpaired) electrons. The molecule has 0 amide bonds. The molecule has 0 heterocycles. The van der Waals surface area contributed by atoms with Gasteiger partial charge >= 0.3 is 5.97 Å². The summed E-state index contributed by atoms with van der Waals surface area (Å²) < 4.78 is 10.9. The summed E-state index contributed by atoms with van der Waals surface area (Å²) in [7, 11) is -0.802. The first-order valence-corrected chi connectivity index (χ1v) is 10.8. The summed E-state index contributed by atoms with van der Waals surface area (Å²) in [5.74, 6) is -1.66. The molecule has 0 saturated carbocycles. The number of hydrogen-bond donors (Lipinski definition) is 0. The lowest BCUT2D eigenvalue weighted by molar-refractivity contribution is -0.390. The van der Waals surface area contributed by atoms with Crippen LogP contribution in [0.2, 0.25) is 13.1 Å². The fourth-order valence-corrected chi connectivity index (χ4v) is 4.02. The lowest BCUT2D eigenvalue weighted by atomic mass is 10.1. The Bertz CT molecular complexity index is 340. The van der Waals surface area contributed by atoms with Crippen LogP contribution in [-0.2, 0) is 14.6 Å². The van der Waals surface area contributed by atoms with Crippen LogP contribution in [0.25, 0.3) is 0 Å². The molecule has 0 aromatic rings. The lowest BCUT2D eigenvalue weighted by Crippen LogP contribution is -2.35. The van der Waals surface area contributed by atoms with Gasteiger partial charge in [0, 0.05) is 6.42 Å². The van der Waals surface area contributed by atoms with Crippen LogP contribution in [0.5, 0.6) is 0 Å². The predicted octanol–water partition coefficient (Wildman–Crippen LogP) is 3.99. The maximum atomic E-state index is 12.6. The van der Waals surface area contributed by atoms with Crippen LogP contribution in [0.1, 0.15) is 46.0 Å². The van der Waals surface area contributed by atoms with Crippen molar-refractivity contribution in [2.45, 2.75) is 65.0 Å². The Balaban J connectivity index is 2.59. The van der Waals surface area contributed by atoms with Crippen LogP contribution in [0.15, 0.2) is 22.9 Å². The van der Waals surface area contributed by atoms with Gasteiger partial charge in [-0.3, -0.25) is 0 Å². The van der Waals surface area contributed by atoms with E-state index >= 15 is 0 Å². The molecule has 0 aromatic carbocycles. The molecule has 1 rings (SSSR count). The molecule has 0 spiro atoms. The smallest absolute Gasteiger partial charge is 0.312 e. The van der Waals surface area contributed by atoms with Crippen molar-refractivity contribution in [2.75, 3.05) is 13.2 Å². The third kappa shape index (κ3) is 5.52. The summed E-state index contributed by atoms with van der Waals surface area (Å²) in [5.41, 5.74) is 1.42. The highest BCUT2D eigenvalue weighted by atomic mass is 28.3. The molecule has 3 nitrogen and oxygen atoms in total. The van der Waals surface area contributed by atoms with Gasteiger partial charge in [-0.25, -0.2) is 0 Å². The fraction of sp³-hybridized carbons (Fsp3) is 0.750. The highest BCUT2D eigenvalue weighted by Crippen LogP contribution is 2.29. The molecule has 1 aliphatic rings. The van der Waals surface area contributed by atoms with E-state index < -0.39 is 14.8 Å². The van der Waals surface area contributed by atoms with E-state index in [-0.39, 0.29) is 0 Å². The van der Waals surface area contributed by atoms with Gasteiger partial charge in [0.25, 0.3) is 0 Å². The molecule has 4 heteroatoms. The van der Waals surface area contributed by atoms with Gasteiger partial charge < -0.3 is 9.47 Å². The highest BCUT2D eigenvalue weighted by Gasteiger charge is 2.31. The van der Waals surface area contributed by atoms with Crippen molar-refractivity contribution in [3.63, 3.8) is 0 Å². The quantitative estimate of drug-likeness (QED) is 0.452. The van der Waals surface area contributed by atoms with Gasteiger partial charge in [0.05, 0.1) is 22.0 Å². The maximum absolute atomic E-state index is 12.6. The Labute approximate surface area is 125 Å². The zero-order chi connectivity index (χ0) is 15.0. The summed E-state index contributed by atoms with van der Waals surface area (Å²) in [4.78, 5) is 0. The van der Waals surface area contributed by atoms with Gasteiger partial charge in [-0.2, -0.15) is 5.11 Å². The summed E-state index contributed by atoms with van der Waals surface area (Å²) in [6.45, 7) is 9.61. The van der Waals surface area contributed by atoms with E-state index in [9.17, 15) is 5.11 Å². The van der Waals surface area contributed by atoms with Crippen molar-refractivity contribution in [3.8, 4) is 0 Å². The minimum absolute atomic E-state index is 0.411. The second-order valence-electron chi connectivity index (χ2n) is 5.70. The van der Waals surface area contributed by atoms with Crippen molar-refractivity contribution < 1.29 is 14.6 Å². The third-order valence-corrected chi connectivity index (χ3v) is 5.32. The summed E-state index contributed by atoms with van der Waals surface area (Å²) in [5, 5.41) is 14.1. The van der Waals surface area contributed by atoms with Crippen LogP contribution >= 0.6 is 0 Å². The Morgan fingerprint density at radius 1 is 1.20 bits per heavy atom. The topological polar surface area (TPSA) is 38.4 Å². The van der Waals surface area contributed by atoms with Crippen molar-refractivity contribution in [2.24, 2.45) is 0 Å². The second-order valence-corrected chi connectivity index (χ2v) is 8.63. The SMILES string of the molecule is CCCOC([O])(CCC1=C([SiH](C)C)C=CC1)OCCC. The Kier molecular flexibility index (Phi) is 7.73. The molecule has 0 N–H and O–H groups in total. The van der Waals surface area contributed by atoms with Crippen molar-refractivity contribution in [1.82, 2.24) is 0 Å². The molecule has 20 heavy (non-hydrogen) atoms. The van der Waals surface area contributed by atoms with E-state index in [2.05, 4.69) is 25.2 Å². The van der Waals surface area contributed by atoms with E-state index in [1.54, 1.807) is 0 Å². The van der Waals surface area contributed by atoms with Crippen molar-refractivity contribution in [3.05, 3.63) is 22.9 Å². The van der Waals surface area contributed by atoms with Gasteiger partial charge in [-0.1, -0.05) is 49.9 Å². The Hall–Kier alpha value is -0.423. The maximum Gasteiger partial charge on any atom is 0.312 e. The van der Waals surface area contributed by atoms with E-state index in [0.717, 1.165) is 25.7 Å². The predicted molar refractivity (Wildman–Crippen MR) is 84.8 cm³/mol. The molecule has 0 fully saturated rings. The summed E-state index contributed by atoms with van der Waals surface area (Å²) in [6, 6.07) is 0. The normalized spacial score (nSPS) is 15.7. The zero-order valence-corrected chi connectivity index (χ0v) is 14.6. The van der Waals surface area contributed by atoms with E-state index in [0.29, 0.717) is 19.6 Å². The minimum Gasteiger partial charge on any atom is -0.326 e. The minimum atomic E-state index is -1.66. The van der Waals surface area contributed by atoms with Gasteiger partial charge in [0.2, 0.25) is 0 Å². The first-order chi connectivity index (χ1) is 9.52. The fourth-order valence-electron chi connectivity index (χ4n) is 2.42. The summed E-state index contributed by atoms with van der Waals surface area (Å²) >= 11 is 0. The van der Waals surface area contributed by atoms with Crippen molar-refractivity contribution in [1.29, 1.82) is 0 Å². The summed E-state index contributed by atoms with van der Waals surface area (Å²) in [6.07, 6.45) is 8.35. The molecule has 115 valence electrons. The number of ether oxygens (including phenoxy) is 2. The van der Waals surface area contributed by atoms with E-state index in [1.165, 1.54) is 10.8 Å². The molecule has 0 bridgehead atoms. The van der Waals surface area contributed by atoms with Gasteiger partial charge in [0.1, 0.15) is 0 Å². The van der Waals surface area contributed by atoms with Gasteiger partial charge in [-0.15, -0.1) is 0 Å². The third-order valence-electron chi connectivity index (χ3n) is 3.48. The molecule has 0 atom stereocenters. The Morgan fingerprint density at radius 3 is 2.30 bits per heavy atom. The van der Waals surface area contributed by atoms with Crippen LogP contribution in [0.3, 0.4) is 0 Å². The first-order valence-electron chi connectivity index (χ1n) is 7.89. The Morgan fingerprint density at radius 2 is 1.80 bits per heavy atom. The van der Waals surface area contributed by atoms with Crippen molar-refractivity contribution >= 4 is 8.80 Å². The standard InChI is InChI=1S/C16H29O3Si/c1-5-12-18-16(17,19-13-6-2)11-10-14-8-7-9-15(14)20(3)4/h7,9,20H,5-6,8,10-13H2,1-4H3. The molecule has 1 aliphatic carbocycles. The molecule has 0 aliphatic heterocycles. The molecule has 0 saturated heterocycles. The van der Waals surface area contributed by atoms with Crippen LogP contribution in [0, 0.1) is 0 Å². The number of hydrogen-bond acceptors (Lipinski definition) is 2. The number of allylic oxidation sites excluding steroid dienone is 4. The lowest BCUT2D eigenvalue weighted by Gasteiger charge is -2.26. The first kappa shape index (κ1) is 17.6. The molecular weight excluding hydrogens is 268 g/mol. The largest absolute Gasteiger partial charge is 0.326 e. The van der Waals surface area contributed by atoms with E-state index in [4.69, 9.17) is 9.47 Å².